The molecule has 0 aromatic heterocycles. The van der Waals surface area contributed by atoms with Crippen molar-refractivity contribution in [2.75, 3.05) is 27.3 Å². The van der Waals surface area contributed by atoms with Crippen LogP contribution in [0.2, 0.25) is 0 Å². The molecule has 0 bridgehead atoms. The van der Waals surface area contributed by atoms with Crippen molar-refractivity contribution in [3.05, 3.63) is 59.7 Å². The van der Waals surface area contributed by atoms with Crippen LogP contribution in [0.1, 0.15) is 36.8 Å². The van der Waals surface area contributed by atoms with Crippen molar-refractivity contribution in [3.63, 3.8) is 0 Å². The number of methoxy groups -OCH3 is 2. The molecule has 0 spiro atoms. The van der Waals surface area contributed by atoms with E-state index in [0.717, 1.165) is 61.2 Å². The van der Waals surface area contributed by atoms with Gasteiger partial charge < -0.3 is 19.1 Å². The van der Waals surface area contributed by atoms with Gasteiger partial charge in [0, 0.05) is 13.1 Å². The molecule has 2 aromatic carbocycles. The van der Waals surface area contributed by atoms with Crippen LogP contribution in [-0.2, 0) is 32.1 Å². The first-order chi connectivity index (χ1) is 16.6. The summed E-state index contributed by atoms with van der Waals surface area (Å²) in [6.07, 6.45) is 5.04. The van der Waals surface area contributed by atoms with Crippen LogP contribution in [0, 0.1) is 0 Å². The zero-order valence-corrected chi connectivity index (χ0v) is 19.8. The second-order valence-corrected chi connectivity index (χ2v) is 8.74. The third kappa shape index (κ3) is 6.07. The van der Waals surface area contributed by atoms with Gasteiger partial charge in [-0.2, -0.15) is 0 Å². The molecule has 4 rings (SSSR count). The van der Waals surface area contributed by atoms with E-state index >= 15 is 0 Å². The van der Waals surface area contributed by atoms with E-state index in [1.165, 1.54) is 0 Å². The van der Waals surface area contributed by atoms with Crippen LogP contribution < -0.4 is 9.47 Å². The summed E-state index contributed by atoms with van der Waals surface area (Å²) in [6.45, 7) is 1.20. The summed E-state index contributed by atoms with van der Waals surface area (Å²) in [5.74, 6) is -0.352. The molecule has 2 heterocycles. The molecule has 0 N–H and O–H groups in total. The summed E-state index contributed by atoms with van der Waals surface area (Å²) in [5.41, 5.74) is 2.24. The van der Waals surface area contributed by atoms with Gasteiger partial charge in [0.2, 0.25) is 0 Å². The molecule has 2 aromatic rings. The number of benzene rings is 2. The number of hydrogen-bond acceptors (Lipinski definition) is 8. The standard InChI is InChI=1S/C26H32N2O6/c1-31-23-11-7-19(8-12-23)17-21-5-3-15-27(21)33-25(29)26(30)34-28-16-4-6-22(28)18-20-9-13-24(32-2)14-10-20/h7-14,21-22H,3-6,15-18H2,1-2H3. The van der Waals surface area contributed by atoms with Gasteiger partial charge in [-0.1, -0.05) is 24.3 Å². The zero-order chi connectivity index (χ0) is 23.9. The monoisotopic (exact) mass is 468 g/mol. The predicted molar refractivity (Wildman–Crippen MR) is 125 cm³/mol. The molecule has 8 heteroatoms. The Morgan fingerprint density at radius 1 is 0.706 bits per heavy atom. The summed E-state index contributed by atoms with van der Waals surface area (Å²) >= 11 is 0. The molecule has 8 nitrogen and oxygen atoms in total. The number of carbonyl (C=O) groups is 2. The third-order valence-electron chi connectivity index (χ3n) is 6.47. The molecule has 2 fully saturated rings. The fraction of sp³-hybridized carbons (Fsp3) is 0.462. The van der Waals surface area contributed by atoms with Gasteiger partial charge in [0.1, 0.15) is 11.5 Å². The maximum atomic E-state index is 12.5. The number of carbonyl (C=O) groups excluding carboxylic acids is 2. The van der Waals surface area contributed by atoms with Crippen LogP contribution >= 0.6 is 0 Å². The van der Waals surface area contributed by atoms with Gasteiger partial charge in [0.25, 0.3) is 0 Å². The van der Waals surface area contributed by atoms with E-state index in [-0.39, 0.29) is 12.1 Å². The average Bonchev–Trinajstić information content (AvgIpc) is 3.49. The molecule has 2 aliphatic heterocycles. The predicted octanol–water partition coefficient (Wildman–Crippen LogP) is 3.33. The van der Waals surface area contributed by atoms with Gasteiger partial charge in [-0.15, -0.1) is 10.1 Å². The van der Waals surface area contributed by atoms with E-state index in [9.17, 15) is 9.59 Å². The Labute approximate surface area is 200 Å². The van der Waals surface area contributed by atoms with Crippen molar-refractivity contribution in [2.24, 2.45) is 0 Å². The number of nitrogens with zero attached hydrogens (tertiary/aromatic N) is 2. The van der Waals surface area contributed by atoms with Gasteiger partial charge in [0.15, 0.2) is 0 Å². The quantitative estimate of drug-likeness (QED) is 0.546. The van der Waals surface area contributed by atoms with E-state index in [2.05, 4.69) is 0 Å². The Hall–Kier alpha value is -3.10. The van der Waals surface area contributed by atoms with E-state index < -0.39 is 11.9 Å². The van der Waals surface area contributed by atoms with E-state index in [1.807, 2.05) is 48.5 Å². The van der Waals surface area contributed by atoms with E-state index in [1.54, 1.807) is 24.3 Å². The first kappa shape index (κ1) is 24.0. The third-order valence-corrected chi connectivity index (χ3v) is 6.47. The number of hydrogen-bond donors (Lipinski definition) is 0. The first-order valence-corrected chi connectivity index (χ1v) is 11.8. The maximum absolute atomic E-state index is 12.5. The van der Waals surface area contributed by atoms with E-state index in [4.69, 9.17) is 19.1 Å². The van der Waals surface area contributed by atoms with Crippen molar-refractivity contribution >= 4 is 11.9 Å². The van der Waals surface area contributed by atoms with Crippen molar-refractivity contribution in [1.29, 1.82) is 0 Å². The van der Waals surface area contributed by atoms with Gasteiger partial charge in [-0.3, -0.25) is 0 Å². The molecule has 182 valence electrons. The molecule has 2 atom stereocenters. The first-order valence-electron chi connectivity index (χ1n) is 11.8. The fourth-order valence-corrected chi connectivity index (χ4v) is 4.62. The minimum Gasteiger partial charge on any atom is -0.497 e. The maximum Gasteiger partial charge on any atom is 0.438 e. The number of rotatable bonds is 8. The van der Waals surface area contributed by atoms with Crippen LogP contribution in [0.4, 0.5) is 0 Å². The highest BCUT2D eigenvalue weighted by Gasteiger charge is 2.34. The Morgan fingerprint density at radius 2 is 1.09 bits per heavy atom. The van der Waals surface area contributed by atoms with Gasteiger partial charge in [-0.25, -0.2) is 9.59 Å². The topological polar surface area (TPSA) is 77.5 Å². The smallest absolute Gasteiger partial charge is 0.438 e. The Kier molecular flexibility index (Phi) is 8.03. The molecule has 2 saturated heterocycles. The molecule has 0 saturated carbocycles. The summed E-state index contributed by atoms with van der Waals surface area (Å²) in [6, 6.07) is 15.7. The van der Waals surface area contributed by atoms with Crippen molar-refractivity contribution in [3.8, 4) is 11.5 Å². The summed E-state index contributed by atoms with van der Waals surface area (Å²) in [5, 5.41) is 3.24. The second kappa shape index (κ2) is 11.4. The highest BCUT2D eigenvalue weighted by Crippen LogP contribution is 2.25. The second-order valence-electron chi connectivity index (χ2n) is 8.74. The SMILES string of the molecule is COc1ccc(CC2CCCN2OC(=O)C(=O)ON2CCCC2Cc2ccc(OC)cc2)cc1. The van der Waals surface area contributed by atoms with Crippen LogP contribution in [0.15, 0.2) is 48.5 Å². The van der Waals surface area contributed by atoms with Crippen LogP contribution in [-0.4, -0.2) is 61.5 Å². The van der Waals surface area contributed by atoms with Crippen LogP contribution in [0.5, 0.6) is 11.5 Å². The highest BCUT2D eigenvalue weighted by atomic mass is 16.8. The average molecular weight is 469 g/mol. The van der Waals surface area contributed by atoms with Crippen LogP contribution in [0.3, 0.4) is 0 Å². The number of hydroxylamine groups is 4. The van der Waals surface area contributed by atoms with Gasteiger partial charge in [0.05, 0.1) is 26.3 Å². The minimum atomic E-state index is -0.975. The zero-order valence-electron chi connectivity index (χ0n) is 19.8. The minimum absolute atomic E-state index is 0.0275. The lowest BCUT2D eigenvalue weighted by molar-refractivity contribution is -0.222. The molecule has 2 unspecified atom stereocenters. The summed E-state index contributed by atoms with van der Waals surface area (Å²) in [4.78, 5) is 35.9. The fourth-order valence-electron chi connectivity index (χ4n) is 4.62. The largest absolute Gasteiger partial charge is 0.497 e. The Morgan fingerprint density at radius 3 is 1.44 bits per heavy atom. The normalized spacial score (nSPS) is 20.8. The molecule has 2 aliphatic rings. The highest BCUT2D eigenvalue weighted by molar-refractivity contribution is 6.29. The molecular formula is C26H32N2O6. The van der Waals surface area contributed by atoms with Crippen LogP contribution in [0.25, 0.3) is 0 Å². The van der Waals surface area contributed by atoms with Gasteiger partial charge in [-0.05, 0) is 73.9 Å². The summed E-state index contributed by atoms with van der Waals surface area (Å²) < 4.78 is 10.4. The van der Waals surface area contributed by atoms with Crippen molar-refractivity contribution < 1.29 is 28.7 Å². The van der Waals surface area contributed by atoms with Gasteiger partial charge >= 0.3 is 11.9 Å². The lowest BCUT2D eigenvalue weighted by atomic mass is 10.0. The molecule has 34 heavy (non-hydrogen) atoms. The molecule has 0 amide bonds. The molecule has 0 aliphatic carbocycles. The van der Waals surface area contributed by atoms with Crippen molar-refractivity contribution in [2.45, 2.75) is 50.6 Å². The lowest BCUT2D eigenvalue weighted by Gasteiger charge is -2.25. The number of ether oxygens (including phenoxy) is 2. The van der Waals surface area contributed by atoms with E-state index in [0.29, 0.717) is 13.1 Å². The Balaban J connectivity index is 1.28. The Bertz CT molecular complexity index is 883. The van der Waals surface area contributed by atoms with Crippen molar-refractivity contribution in [1.82, 2.24) is 10.1 Å². The molecular weight excluding hydrogens is 436 g/mol. The molecule has 0 radical (unpaired) electrons. The summed E-state index contributed by atoms with van der Waals surface area (Å²) in [7, 11) is 3.27. The lowest BCUT2D eigenvalue weighted by Crippen LogP contribution is -2.40.